The second-order valence-electron chi connectivity index (χ2n) is 10.7. The SMILES string of the molecule is CNC(=O)[C@@H](Cc1ccccc1)N(C)C(=O)[C@@H](Cc1ccc2ccccc2c1)N(C)C(=O)/C=C/CC(C)(C)N.Cl. The van der Waals surface area contributed by atoms with E-state index < -0.39 is 17.6 Å². The third-order valence-corrected chi connectivity index (χ3v) is 6.88. The Morgan fingerprint density at radius 2 is 1.45 bits per heavy atom. The van der Waals surface area contributed by atoms with E-state index in [1.807, 2.05) is 86.6 Å². The zero-order chi connectivity index (χ0) is 28.6. The van der Waals surface area contributed by atoms with E-state index in [-0.39, 0.29) is 30.1 Å². The normalized spacial score (nSPS) is 12.8. The predicted molar refractivity (Wildman–Crippen MR) is 164 cm³/mol. The van der Waals surface area contributed by atoms with Gasteiger partial charge in [-0.25, -0.2) is 0 Å². The van der Waals surface area contributed by atoms with Crippen molar-refractivity contribution in [3.63, 3.8) is 0 Å². The van der Waals surface area contributed by atoms with Gasteiger partial charge in [0, 0.05) is 39.5 Å². The van der Waals surface area contributed by atoms with Crippen LogP contribution in [0.1, 0.15) is 31.4 Å². The molecule has 3 aromatic carbocycles. The molecule has 0 aliphatic rings. The van der Waals surface area contributed by atoms with E-state index >= 15 is 0 Å². The molecule has 0 aromatic heterocycles. The van der Waals surface area contributed by atoms with E-state index in [1.54, 1.807) is 27.2 Å². The van der Waals surface area contributed by atoms with Crippen molar-refractivity contribution >= 4 is 40.9 Å². The van der Waals surface area contributed by atoms with Crippen molar-refractivity contribution in [1.82, 2.24) is 15.1 Å². The van der Waals surface area contributed by atoms with Crippen molar-refractivity contribution in [3.05, 3.63) is 96.1 Å². The van der Waals surface area contributed by atoms with E-state index in [4.69, 9.17) is 5.73 Å². The third-order valence-electron chi connectivity index (χ3n) is 6.88. The fraction of sp³-hybridized carbons (Fsp3) is 0.344. The highest BCUT2D eigenvalue weighted by Gasteiger charge is 2.34. The van der Waals surface area contributed by atoms with Gasteiger partial charge in [0.2, 0.25) is 17.7 Å². The van der Waals surface area contributed by atoms with Gasteiger partial charge in [-0.2, -0.15) is 0 Å². The summed E-state index contributed by atoms with van der Waals surface area (Å²) in [4.78, 5) is 43.1. The van der Waals surface area contributed by atoms with Crippen LogP contribution < -0.4 is 11.1 Å². The van der Waals surface area contributed by atoms with Crippen LogP contribution in [0.15, 0.2) is 84.9 Å². The molecule has 0 unspecified atom stereocenters. The van der Waals surface area contributed by atoms with Crippen LogP contribution in [0.2, 0.25) is 0 Å². The number of rotatable bonds is 11. The molecule has 40 heavy (non-hydrogen) atoms. The Bertz CT molecular complexity index is 1320. The molecule has 214 valence electrons. The first-order chi connectivity index (χ1) is 18.5. The van der Waals surface area contributed by atoms with Crippen LogP contribution in [0.5, 0.6) is 0 Å². The molecule has 3 aromatic rings. The lowest BCUT2D eigenvalue weighted by Gasteiger charge is -2.34. The van der Waals surface area contributed by atoms with E-state index in [0.29, 0.717) is 19.3 Å². The largest absolute Gasteiger partial charge is 0.357 e. The molecule has 0 fully saturated rings. The summed E-state index contributed by atoms with van der Waals surface area (Å²) in [6.07, 6.45) is 4.39. The van der Waals surface area contributed by atoms with Crippen LogP contribution in [0.25, 0.3) is 10.8 Å². The number of amides is 3. The summed E-state index contributed by atoms with van der Waals surface area (Å²) >= 11 is 0. The summed E-state index contributed by atoms with van der Waals surface area (Å²) in [6.45, 7) is 3.77. The average Bonchev–Trinajstić information content (AvgIpc) is 2.92. The maximum atomic E-state index is 14.1. The Labute approximate surface area is 243 Å². The van der Waals surface area contributed by atoms with Crippen LogP contribution in [-0.2, 0) is 27.2 Å². The highest BCUT2D eigenvalue weighted by Crippen LogP contribution is 2.20. The number of nitrogens with two attached hydrogens (primary N) is 1. The first-order valence-electron chi connectivity index (χ1n) is 13.2. The molecular formula is C32H41ClN4O3. The summed E-state index contributed by atoms with van der Waals surface area (Å²) < 4.78 is 0. The number of carbonyl (C=O) groups excluding carboxylic acids is 3. The van der Waals surface area contributed by atoms with E-state index in [0.717, 1.165) is 21.9 Å². The number of nitrogens with zero attached hydrogens (tertiary/aromatic N) is 2. The van der Waals surface area contributed by atoms with Gasteiger partial charge in [0.05, 0.1) is 0 Å². The molecule has 0 bridgehead atoms. The molecule has 0 aliphatic heterocycles. The van der Waals surface area contributed by atoms with Gasteiger partial charge in [0.15, 0.2) is 0 Å². The van der Waals surface area contributed by atoms with Gasteiger partial charge in [0.25, 0.3) is 0 Å². The molecule has 8 heteroatoms. The minimum Gasteiger partial charge on any atom is -0.357 e. The Kier molecular flexibility index (Phi) is 11.9. The number of halogens is 1. The molecule has 2 atom stereocenters. The number of hydrogen-bond acceptors (Lipinski definition) is 4. The lowest BCUT2D eigenvalue weighted by molar-refractivity contribution is -0.146. The van der Waals surface area contributed by atoms with E-state index in [9.17, 15) is 14.4 Å². The summed E-state index contributed by atoms with van der Waals surface area (Å²) in [6, 6.07) is 22.1. The fourth-order valence-electron chi connectivity index (χ4n) is 4.51. The van der Waals surface area contributed by atoms with Crippen LogP contribution in [0.3, 0.4) is 0 Å². The van der Waals surface area contributed by atoms with Crippen molar-refractivity contribution in [1.29, 1.82) is 0 Å². The highest BCUT2D eigenvalue weighted by atomic mass is 35.5. The number of benzene rings is 3. The maximum Gasteiger partial charge on any atom is 0.246 e. The van der Waals surface area contributed by atoms with Gasteiger partial charge < -0.3 is 20.9 Å². The Morgan fingerprint density at radius 1 is 0.850 bits per heavy atom. The minimum absolute atomic E-state index is 0. The standard InChI is InChI=1S/C32H40N4O3.ClH/c1-32(2,33)19-11-16-29(37)35(4)28(22-24-17-18-25-14-9-10-15-26(25)20-24)31(39)36(5)27(30(38)34-3)21-23-12-7-6-8-13-23;/h6-18,20,27-28H,19,21-22,33H2,1-5H3,(H,34,38);1H/b16-11+;/t27-,28-;/m1./s1. The summed E-state index contributed by atoms with van der Waals surface area (Å²) in [5, 5.41) is 4.84. The van der Waals surface area contributed by atoms with E-state index in [2.05, 4.69) is 5.32 Å². The Morgan fingerprint density at radius 3 is 2.08 bits per heavy atom. The second kappa shape index (κ2) is 14.6. The number of carbonyl (C=O) groups is 3. The topological polar surface area (TPSA) is 95.7 Å². The predicted octanol–water partition coefficient (Wildman–Crippen LogP) is 4.13. The van der Waals surface area contributed by atoms with Crippen LogP contribution >= 0.6 is 12.4 Å². The lowest BCUT2D eigenvalue weighted by Crippen LogP contribution is -2.55. The van der Waals surface area contributed by atoms with Crippen molar-refractivity contribution in [2.45, 2.75) is 50.7 Å². The van der Waals surface area contributed by atoms with Gasteiger partial charge in [-0.15, -0.1) is 12.4 Å². The van der Waals surface area contributed by atoms with Gasteiger partial charge in [-0.3, -0.25) is 14.4 Å². The van der Waals surface area contributed by atoms with Gasteiger partial charge in [0.1, 0.15) is 12.1 Å². The number of fused-ring (bicyclic) bond motifs is 1. The Balaban J connectivity index is 0.00000560. The molecule has 0 saturated heterocycles. The number of likely N-dealkylation sites (N-methyl/N-ethyl adjacent to an activating group) is 3. The maximum absolute atomic E-state index is 14.1. The zero-order valence-corrected chi connectivity index (χ0v) is 24.8. The van der Waals surface area contributed by atoms with Crippen molar-refractivity contribution in [2.24, 2.45) is 5.73 Å². The van der Waals surface area contributed by atoms with Crippen LogP contribution in [0, 0.1) is 0 Å². The Hall–Kier alpha value is -3.68. The molecule has 0 saturated carbocycles. The van der Waals surface area contributed by atoms with E-state index in [1.165, 1.54) is 15.9 Å². The van der Waals surface area contributed by atoms with Crippen molar-refractivity contribution in [2.75, 3.05) is 21.1 Å². The quantitative estimate of drug-likeness (QED) is 0.342. The van der Waals surface area contributed by atoms with Gasteiger partial charge in [-0.05, 0) is 48.2 Å². The van der Waals surface area contributed by atoms with Crippen LogP contribution in [0.4, 0.5) is 0 Å². The molecule has 0 radical (unpaired) electrons. The summed E-state index contributed by atoms with van der Waals surface area (Å²) in [7, 11) is 4.82. The van der Waals surface area contributed by atoms with Gasteiger partial charge in [-0.1, -0.05) is 78.9 Å². The average molecular weight is 565 g/mol. The first kappa shape index (κ1) is 32.5. The third kappa shape index (κ3) is 8.93. The molecule has 0 heterocycles. The first-order valence-corrected chi connectivity index (χ1v) is 13.2. The number of nitrogens with one attached hydrogen (secondary N) is 1. The molecule has 0 spiro atoms. The summed E-state index contributed by atoms with van der Waals surface area (Å²) in [5.74, 6) is -0.874. The molecule has 3 N–H and O–H groups in total. The molecular weight excluding hydrogens is 524 g/mol. The lowest BCUT2D eigenvalue weighted by atomic mass is 9.98. The zero-order valence-electron chi connectivity index (χ0n) is 24.0. The summed E-state index contributed by atoms with van der Waals surface area (Å²) in [5.41, 5.74) is 7.47. The molecule has 0 aliphatic carbocycles. The van der Waals surface area contributed by atoms with Gasteiger partial charge >= 0.3 is 0 Å². The van der Waals surface area contributed by atoms with Crippen LogP contribution in [-0.4, -0.2) is 66.3 Å². The molecule has 3 amide bonds. The fourth-order valence-corrected chi connectivity index (χ4v) is 4.51. The minimum atomic E-state index is -0.817. The smallest absolute Gasteiger partial charge is 0.246 e. The molecule has 7 nitrogen and oxygen atoms in total. The molecule has 3 rings (SSSR count). The van der Waals surface area contributed by atoms with Crippen molar-refractivity contribution < 1.29 is 14.4 Å². The second-order valence-corrected chi connectivity index (χ2v) is 10.7. The monoisotopic (exact) mass is 564 g/mol. The highest BCUT2D eigenvalue weighted by molar-refractivity contribution is 5.95. The number of hydrogen-bond donors (Lipinski definition) is 2. The van der Waals surface area contributed by atoms with Crippen molar-refractivity contribution in [3.8, 4) is 0 Å².